The van der Waals surface area contributed by atoms with E-state index in [2.05, 4.69) is 35.0 Å². The Bertz CT molecular complexity index is 1250. The van der Waals surface area contributed by atoms with E-state index in [4.69, 9.17) is 14.5 Å². The van der Waals surface area contributed by atoms with Crippen molar-refractivity contribution in [3.8, 4) is 11.5 Å². The number of hydrogen-bond donors (Lipinski definition) is 1. The van der Waals surface area contributed by atoms with Crippen molar-refractivity contribution in [2.24, 2.45) is 0 Å². The van der Waals surface area contributed by atoms with E-state index in [1.807, 2.05) is 42.5 Å². The molecule has 0 bridgehead atoms. The van der Waals surface area contributed by atoms with E-state index in [1.54, 1.807) is 19.2 Å². The Morgan fingerprint density at radius 2 is 1.82 bits per heavy atom. The number of hydrogen-bond acceptors (Lipinski definition) is 4. The number of unbranched alkanes of at least 4 members (excludes halogenated alkanes) is 1. The fourth-order valence-corrected chi connectivity index (χ4v) is 4.05. The standard InChI is InChI=1S/C28H31N3O3/c1-21-10-9-11-22(20-21)34-19-8-7-18-31-25-14-5-4-13-24(25)30-27(31)16-17-29-28(32)23-12-3-6-15-26(23)33-2/h3-6,9-15,20H,7-8,16-19H2,1-2H3,(H,29,32). The highest BCUT2D eigenvalue weighted by Crippen LogP contribution is 2.19. The highest BCUT2D eigenvalue weighted by molar-refractivity contribution is 5.96. The Hall–Kier alpha value is -3.80. The SMILES string of the molecule is COc1ccccc1C(=O)NCCc1nc2ccccc2n1CCCCOc1cccc(C)c1. The lowest BCUT2D eigenvalue weighted by Gasteiger charge is -2.12. The number of carbonyl (C=O) groups excluding carboxylic acids is 1. The minimum absolute atomic E-state index is 0.145. The van der Waals surface area contributed by atoms with Crippen molar-refractivity contribution in [1.29, 1.82) is 0 Å². The van der Waals surface area contributed by atoms with Crippen LogP contribution in [0.1, 0.15) is 34.6 Å². The summed E-state index contributed by atoms with van der Waals surface area (Å²) in [5.41, 5.74) is 3.83. The van der Waals surface area contributed by atoms with Crippen LogP contribution in [0.25, 0.3) is 11.0 Å². The lowest BCUT2D eigenvalue weighted by molar-refractivity contribution is 0.0951. The van der Waals surface area contributed by atoms with Crippen LogP contribution in [0.15, 0.2) is 72.8 Å². The Morgan fingerprint density at radius 3 is 2.68 bits per heavy atom. The average molecular weight is 458 g/mol. The Labute approximate surface area is 200 Å². The lowest BCUT2D eigenvalue weighted by Crippen LogP contribution is -2.27. The van der Waals surface area contributed by atoms with Crippen LogP contribution in [0.5, 0.6) is 11.5 Å². The molecule has 6 nitrogen and oxygen atoms in total. The van der Waals surface area contributed by atoms with Gasteiger partial charge in [-0.1, -0.05) is 36.4 Å². The number of aromatic nitrogens is 2. The average Bonchev–Trinajstić information content (AvgIpc) is 3.21. The molecule has 0 fully saturated rings. The van der Waals surface area contributed by atoms with Gasteiger partial charge in [0.25, 0.3) is 5.91 Å². The largest absolute Gasteiger partial charge is 0.496 e. The highest BCUT2D eigenvalue weighted by atomic mass is 16.5. The Morgan fingerprint density at radius 1 is 1.00 bits per heavy atom. The van der Waals surface area contributed by atoms with Crippen molar-refractivity contribution < 1.29 is 14.3 Å². The molecular weight excluding hydrogens is 426 g/mol. The molecule has 0 atom stereocenters. The first-order valence-corrected chi connectivity index (χ1v) is 11.7. The van der Waals surface area contributed by atoms with Gasteiger partial charge in [-0.2, -0.15) is 0 Å². The molecular formula is C28H31N3O3. The maximum Gasteiger partial charge on any atom is 0.255 e. The van der Waals surface area contributed by atoms with E-state index in [9.17, 15) is 4.79 Å². The summed E-state index contributed by atoms with van der Waals surface area (Å²) in [6, 6.07) is 23.5. The molecule has 0 aliphatic rings. The molecule has 1 amide bonds. The van der Waals surface area contributed by atoms with Crippen molar-refractivity contribution in [3.63, 3.8) is 0 Å². The van der Waals surface area contributed by atoms with Crippen LogP contribution < -0.4 is 14.8 Å². The molecule has 4 aromatic rings. The minimum Gasteiger partial charge on any atom is -0.496 e. The first-order chi connectivity index (χ1) is 16.7. The molecule has 4 rings (SSSR count). The second kappa shape index (κ2) is 11.4. The van der Waals surface area contributed by atoms with Gasteiger partial charge in [0.15, 0.2) is 0 Å². The van der Waals surface area contributed by atoms with Gasteiger partial charge in [0.1, 0.15) is 17.3 Å². The third-order valence-corrected chi connectivity index (χ3v) is 5.75. The van der Waals surface area contributed by atoms with Gasteiger partial charge in [-0.25, -0.2) is 4.98 Å². The zero-order chi connectivity index (χ0) is 23.8. The van der Waals surface area contributed by atoms with Gasteiger partial charge in [0.05, 0.1) is 30.3 Å². The Kier molecular flexibility index (Phi) is 7.81. The van der Waals surface area contributed by atoms with Gasteiger partial charge in [-0.05, 0) is 61.7 Å². The number of nitrogens with one attached hydrogen (secondary N) is 1. The molecule has 1 N–H and O–H groups in total. The van der Waals surface area contributed by atoms with E-state index in [1.165, 1.54) is 5.56 Å². The molecule has 6 heteroatoms. The quantitative estimate of drug-likeness (QED) is 0.315. The topological polar surface area (TPSA) is 65.4 Å². The van der Waals surface area contributed by atoms with Crippen LogP contribution in [0, 0.1) is 6.92 Å². The van der Waals surface area contributed by atoms with E-state index in [0.717, 1.165) is 42.0 Å². The molecule has 176 valence electrons. The predicted molar refractivity (Wildman–Crippen MR) is 135 cm³/mol. The number of methoxy groups -OCH3 is 1. The second-order valence-corrected chi connectivity index (χ2v) is 8.25. The number of nitrogens with zero attached hydrogens (tertiary/aromatic N) is 2. The van der Waals surface area contributed by atoms with Crippen LogP contribution >= 0.6 is 0 Å². The highest BCUT2D eigenvalue weighted by Gasteiger charge is 2.13. The molecule has 0 saturated carbocycles. The van der Waals surface area contributed by atoms with Crippen LogP contribution in [0.3, 0.4) is 0 Å². The van der Waals surface area contributed by atoms with Crippen molar-refractivity contribution in [3.05, 3.63) is 89.7 Å². The molecule has 1 heterocycles. The molecule has 0 radical (unpaired) electrons. The smallest absolute Gasteiger partial charge is 0.255 e. The zero-order valence-electron chi connectivity index (χ0n) is 19.8. The number of ether oxygens (including phenoxy) is 2. The van der Waals surface area contributed by atoms with Crippen molar-refractivity contribution in [1.82, 2.24) is 14.9 Å². The second-order valence-electron chi connectivity index (χ2n) is 8.25. The number of aryl methyl sites for hydroxylation is 2. The maximum atomic E-state index is 12.6. The normalized spacial score (nSPS) is 10.9. The number of imidazole rings is 1. The molecule has 0 unspecified atom stereocenters. The summed E-state index contributed by atoms with van der Waals surface area (Å²) in [6.45, 7) is 4.10. The molecule has 34 heavy (non-hydrogen) atoms. The summed E-state index contributed by atoms with van der Waals surface area (Å²) in [4.78, 5) is 17.4. The van der Waals surface area contributed by atoms with Gasteiger partial charge in [0, 0.05) is 19.5 Å². The van der Waals surface area contributed by atoms with Crippen molar-refractivity contribution in [2.45, 2.75) is 32.7 Å². The fourth-order valence-electron chi connectivity index (χ4n) is 4.05. The summed E-state index contributed by atoms with van der Waals surface area (Å²) >= 11 is 0. The van der Waals surface area contributed by atoms with E-state index in [-0.39, 0.29) is 5.91 Å². The lowest BCUT2D eigenvalue weighted by atomic mass is 10.2. The molecule has 1 aromatic heterocycles. The van der Waals surface area contributed by atoms with Gasteiger partial charge >= 0.3 is 0 Å². The summed E-state index contributed by atoms with van der Waals surface area (Å²) in [6.07, 6.45) is 2.58. The van der Waals surface area contributed by atoms with Crippen LogP contribution in [0.4, 0.5) is 0 Å². The van der Waals surface area contributed by atoms with Gasteiger partial charge in [0.2, 0.25) is 0 Å². The third kappa shape index (κ3) is 5.76. The van der Waals surface area contributed by atoms with Gasteiger partial charge in [-0.15, -0.1) is 0 Å². The van der Waals surface area contributed by atoms with Gasteiger partial charge in [-0.3, -0.25) is 4.79 Å². The first-order valence-electron chi connectivity index (χ1n) is 11.7. The summed E-state index contributed by atoms with van der Waals surface area (Å²) in [5.74, 6) is 2.31. The third-order valence-electron chi connectivity index (χ3n) is 5.75. The minimum atomic E-state index is -0.145. The van der Waals surface area contributed by atoms with Crippen LogP contribution in [-0.2, 0) is 13.0 Å². The molecule has 0 saturated heterocycles. The number of fused-ring (bicyclic) bond motifs is 1. The first kappa shape index (κ1) is 23.4. The van der Waals surface area contributed by atoms with Crippen molar-refractivity contribution in [2.75, 3.05) is 20.3 Å². The molecule has 0 aliphatic carbocycles. The van der Waals surface area contributed by atoms with Gasteiger partial charge < -0.3 is 19.4 Å². The number of rotatable bonds is 11. The molecule has 0 aliphatic heterocycles. The maximum absolute atomic E-state index is 12.6. The van der Waals surface area contributed by atoms with Crippen molar-refractivity contribution >= 4 is 16.9 Å². The number of amides is 1. The number of carbonyl (C=O) groups is 1. The number of para-hydroxylation sites is 3. The zero-order valence-corrected chi connectivity index (χ0v) is 19.8. The Balaban J connectivity index is 1.34. The monoisotopic (exact) mass is 457 g/mol. The van der Waals surface area contributed by atoms with Crippen LogP contribution in [0.2, 0.25) is 0 Å². The summed E-state index contributed by atoms with van der Waals surface area (Å²) < 4.78 is 13.5. The predicted octanol–water partition coefficient (Wildman–Crippen LogP) is 5.19. The molecule has 0 spiro atoms. The van der Waals surface area contributed by atoms with E-state index in [0.29, 0.717) is 30.9 Å². The van der Waals surface area contributed by atoms with E-state index >= 15 is 0 Å². The summed E-state index contributed by atoms with van der Waals surface area (Å²) in [7, 11) is 1.57. The van der Waals surface area contributed by atoms with E-state index < -0.39 is 0 Å². The van der Waals surface area contributed by atoms with Crippen LogP contribution in [-0.4, -0.2) is 35.7 Å². The summed E-state index contributed by atoms with van der Waals surface area (Å²) in [5, 5.41) is 3.00. The number of benzene rings is 3. The fraction of sp³-hybridized carbons (Fsp3) is 0.286. The molecule has 3 aromatic carbocycles.